The minimum absolute atomic E-state index is 0.106. The molecular weight excluding hydrogens is 369 g/mol. The van der Waals surface area contributed by atoms with E-state index in [0.717, 1.165) is 30.8 Å². The number of amides is 3. The molecule has 0 aliphatic carbocycles. The van der Waals surface area contributed by atoms with E-state index in [4.69, 9.17) is 0 Å². The molecule has 2 aliphatic heterocycles. The molecule has 1 aromatic carbocycles. The van der Waals surface area contributed by atoms with E-state index in [1.54, 1.807) is 6.20 Å². The molecular formula is C18H20FN5O2S. The van der Waals surface area contributed by atoms with Gasteiger partial charge in [-0.25, -0.2) is 14.2 Å². The van der Waals surface area contributed by atoms with Crippen LogP contribution in [-0.4, -0.2) is 43.1 Å². The Morgan fingerprint density at radius 2 is 2.11 bits per heavy atom. The molecule has 2 aliphatic rings. The lowest BCUT2D eigenvalue weighted by Gasteiger charge is -2.20. The monoisotopic (exact) mass is 389 g/mol. The van der Waals surface area contributed by atoms with Crippen LogP contribution >= 0.6 is 11.3 Å². The van der Waals surface area contributed by atoms with Gasteiger partial charge in [-0.1, -0.05) is 0 Å². The fourth-order valence-corrected chi connectivity index (χ4v) is 4.36. The average molecular weight is 389 g/mol. The summed E-state index contributed by atoms with van der Waals surface area (Å²) in [6, 6.07) is 3.85. The molecule has 2 saturated heterocycles. The zero-order chi connectivity index (χ0) is 18.8. The third kappa shape index (κ3) is 3.79. The van der Waals surface area contributed by atoms with E-state index in [1.165, 1.54) is 34.4 Å². The normalized spacial score (nSPS) is 17.8. The summed E-state index contributed by atoms with van der Waals surface area (Å²) in [4.78, 5) is 31.2. The highest BCUT2D eigenvalue weighted by Gasteiger charge is 2.24. The Morgan fingerprint density at radius 1 is 1.30 bits per heavy atom. The van der Waals surface area contributed by atoms with Crippen LogP contribution in [0.25, 0.3) is 0 Å². The predicted octanol–water partition coefficient (Wildman–Crippen LogP) is 2.53. The number of thiazole rings is 1. The second-order valence-electron chi connectivity index (χ2n) is 6.59. The molecule has 3 amide bonds. The molecule has 3 heterocycles. The van der Waals surface area contributed by atoms with Crippen molar-refractivity contribution in [3.63, 3.8) is 0 Å². The Balaban J connectivity index is 1.49. The van der Waals surface area contributed by atoms with E-state index in [2.05, 4.69) is 20.9 Å². The van der Waals surface area contributed by atoms with Crippen molar-refractivity contribution in [2.24, 2.45) is 0 Å². The maximum absolute atomic E-state index is 14.2. The Kier molecular flexibility index (Phi) is 5.04. The number of carbonyl (C=O) groups excluding carboxylic acids is 2. The van der Waals surface area contributed by atoms with Gasteiger partial charge in [0.25, 0.3) is 5.91 Å². The second kappa shape index (κ2) is 7.61. The van der Waals surface area contributed by atoms with E-state index in [1.807, 2.05) is 0 Å². The fraction of sp³-hybridized carbons (Fsp3) is 0.389. The first-order chi connectivity index (χ1) is 13.1. The molecule has 0 bridgehead atoms. The average Bonchev–Trinajstić information content (AvgIpc) is 3.32. The lowest BCUT2D eigenvalue weighted by molar-refractivity contribution is 0.102. The van der Waals surface area contributed by atoms with Crippen LogP contribution < -0.4 is 20.9 Å². The molecule has 1 aromatic heterocycles. The summed E-state index contributed by atoms with van der Waals surface area (Å²) in [5.41, 5.74) is 0.386. The Bertz CT molecular complexity index is 865. The largest absolute Gasteiger partial charge is 0.336 e. The number of piperidine rings is 1. The standard InChI is InChI=1S/C18H20FN5O2S/c19-14-2-1-12(24-8-7-21-18(24)26)9-13(14)16(25)23-17-22-10-15(27-17)11-3-5-20-6-4-11/h1-2,9-11,20H,3-8H2,(H,21,26)(H,22,23,25). The number of nitrogens with one attached hydrogen (secondary N) is 3. The quantitative estimate of drug-likeness (QED) is 0.750. The summed E-state index contributed by atoms with van der Waals surface area (Å²) in [6.45, 7) is 2.96. The van der Waals surface area contributed by atoms with Crippen LogP contribution in [0.3, 0.4) is 0 Å². The fourth-order valence-electron chi connectivity index (χ4n) is 3.38. The predicted molar refractivity (Wildman–Crippen MR) is 102 cm³/mol. The van der Waals surface area contributed by atoms with Gasteiger partial charge in [-0.2, -0.15) is 0 Å². The van der Waals surface area contributed by atoms with Crippen LogP contribution in [0.2, 0.25) is 0 Å². The molecule has 3 N–H and O–H groups in total. The van der Waals surface area contributed by atoms with Gasteiger partial charge in [-0.3, -0.25) is 15.0 Å². The summed E-state index contributed by atoms with van der Waals surface area (Å²) in [7, 11) is 0. The summed E-state index contributed by atoms with van der Waals surface area (Å²) in [5, 5.41) is 9.15. The first-order valence-corrected chi connectivity index (χ1v) is 9.76. The van der Waals surface area contributed by atoms with Crippen molar-refractivity contribution in [2.45, 2.75) is 18.8 Å². The SMILES string of the molecule is O=C(Nc1ncc(C2CCNCC2)s1)c1cc(N2CCNC2=O)ccc1F. The number of benzene rings is 1. The van der Waals surface area contributed by atoms with Crippen LogP contribution in [0.5, 0.6) is 0 Å². The molecule has 0 radical (unpaired) electrons. The zero-order valence-electron chi connectivity index (χ0n) is 14.6. The maximum atomic E-state index is 14.2. The van der Waals surface area contributed by atoms with Crippen molar-refractivity contribution in [3.05, 3.63) is 40.7 Å². The molecule has 0 spiro atoms. The van der Waals surface area contributed by atoms with Gasteiger partial charge in [0.15, 0.2) is 5.13 Å². The van der Waals surface area contributed by atoms with E-state index in [-0.39, 0.29) is 11.6 Å². The molecule has 0 atom stereocenters. The molecule has 4 rings (SSSR count). The molecule has 27 heavy (non-hydrogen) atoms. The Labute approximate surface area is 160 Å². The number of halogens is 1. The van der Waals surface area contributed by atoms with Gasteiger partial charge in [0.1, 0.15) is 5.82 Å². The van der Waals surface area contributed by atoms with Crippen molar-refractivity contribution >= 4 is 34.1 Å². The summed E-state index contributed by atoms with van der Waals surface area (Å²) < 4.78 is 14.2. The van der Waals surface area contributed by atoms with Crippen molar-refractivity contribution in [1.82, 2.24) is 15.6 Å². The summed E-state index contributed by atoms with van der Waals surface area (Å²) in [5.74, 6) is -0.755. The first kappa shape index (κ1) is 17.9. The number of hydrogen-bond donors (Lipinski definition) is 3. The summed E-state index contributed by atoms with van der Waals surface area (Å²) in [6.07, 6.45) is 3.88. The van der Waals surface area contributed by atoms with Crippen molar-refractivity contribution in [2.75, 3.05) is 36.4 Å². The Morgan fingerprint density at radius 3 is 2.85 bits per heavy atom. The van der Waals surface area contributed by atoms with E-state index in [9.17, 15) is 14.0 Å². The van der Waals surface area contributed by atoms with Gasteiger partial charge in [0, 0.05) is 29.9 Å². The van der Waals surface area contributed by atoms with Crippen molar-refractivity contribution < 1.29 is 14.0 Å². The van der Waals surface area contributed by atoms with Gasteiger partial charge < -0.3 is 10.6 Å². The maximum Gasteiger partial charge on any atom is 0.321 e. The first-order valence-electron chi connectivity index (χ1n) is 8.94. The highest BCUT2D eigenvalue weighted by molar-refractivity contribution is 7.15. The van der Waals surface area contributed by atoms with Gasteiger partial charge >= 0.3 is 6.03 Å². The molecule has 2 fully saturated rings. The third-order valence-electron chi connectivity index (χ3n) is 4.85. The van der Waals surface area contributed by atoms with E-state index < -0.39 is 11.7 Å². The molecule has 2 aromatic rings. The lowest BCUT2D eigenvalue weighted by Crippen LogP contribution is -2.28. The number of rotatable bonds is 4. The highest BCUT2D eigenvalue weighted by atomic mass is 32.1. The van der Waals surface area contributed by atoms with Crippen LogP contribution in [0, 0.1) is 5.82 Å². The van der Waals surface area contributed by atoms with Gasteiger partial charge in [0.05, 0.1) is 5.56 Å². The number of urea groups is 1. The number of hydrogen-bond acceptors (Lipinski definition) is 5. The molecule has 0 unspecified atom stereocenters. The number of carbonyl (C=O) groups is 2. The molecule has 7 nitrogen and oxygen atoms in total. The second-order valence-corrected chi connectivity index (χ2v) is 7.66. The topological polar surface area (TPSA) is 86.4 Å². The van der Waals surface area contributed by atoms with Crippen LogP contribution in [0.15, 0.2) is 24.4 Å². The lowest BCUT2D eigenvalue weighted by atomic mass is 9.97. The van der Waals surface area contributed by atoms with Gasteiger partial charge in [-0.15, -0.1) is 11.3 Å². The van der Waals surface area contributed by atoms with Gasteiger partial charge in [-0.05, 0) is 50.0 Å². The molecule has 142 valence electrons. The number of aromatic nitrogens is 1. The van der Waals surface area contributed by atoms with Crippen LogP contribution in [0.4, 0.5) is 20.0 Å². The van der Waals surface area contributed by atoms with E-state index in [0.29, 0.717) is 29.8 Å². The number of anilines is 2. The van der Waals surface area contributed by atoms with Gasteiger partial charge in [0.2, 0.25) is 0 Å². The van der Waals surface area contributed by atoms with Crippen LogP contribution in [0.1, 0.15) is 34.0 Å². The summed E-state index contributed by atoms with van der Waals surface area (Å²) >= 11 is 1.43. The third-order valence-corrected chi connectivity index (χ3v) is 5.92. The minimum atomic E-state index is -0.633. The number of nitrogens with zero attached hydrogens (tertiary/aromatic N) is 2. The minimum Gasteiger partial charge on any atom is -0.336 e. The van der Waals surface area contributed by atoms with Crippen molar-refractivity contribution in [3.8, 4) is 0 Å². The molecule has 9 heteroatoms. The Hall–Kier alpha value is -2.52. The molecule has 0 saturated carbocycles. The van der Waals surface area contributed by atoms with E-state index >= 15 is 0 Å². The van der Waals surface area contributed by atoms with Crippen LogP contribution in [-0.2, 0) is 0 Å². The van der Waals surface area contributed by atoms with Crippen molar-refractivity contribution in [1.29, 1.82) is 0 Å². The highest BCUT2D eigenvalue weighted by Crippen LogP contribution is 2.32. The smallest absolute Gasteiger partial charge is 0.321 e. The zero-order valence-corrected chi connectivity index (χ0v) is 15.4.